The third-order valence-electron chi connectivity index (χ3n) is 1.44. The highest BCUT2D eigenvalue weighted by Crippen LogP contribution is 2.29. The molecule has 0 fully saturated rings. The molecule has 4 nitrogen and oxygen atoms in total. The van der Waals surface area contributed by atoms with Crippen molar-refractivity contribution in [2.75, 3.05) is 5.75 Å². The number of halogens is 3. The summed E-state index contributed by atoms with van der Waals surface area (Å²) in [4.78, 5) is 17.0. The number of alkyl halides is 3. The molecule has 1 heterocycles. The van der Waals surface area contributed by atoms with E-state index in [4.69, 9.17) is 0 Å². The minimum Gasteiger partial charge on any atom is -0.549 e. The van der Waals surface area contributed by atoms with Crippen molar-refractivity contribution in [1.82, 2.24) is 9.97 Å². The summed E-state index contributed by atoms with van der Waals surface area (Å²) < 4.78 is 37.0. The molecule has 8 heteroatoms. The third kappa shape index (κ3) is 3.69. The first-order valence-electron chi connectivity index (χ1n) is 4.04. The van der Waals surface area contributed by atoms with Crippen LogP contribution >= 0.6 is 11.8 Å². The summed E-state index contributed by atoms with van der Waals surface area (Å²) in [5.41, 5.74) is -0.955. The van der Waals surface area contributed by atoms with Crippen molar-refractivity contribution in [3.63, 3.8) is 0 Å². The quantitative estimate of drug-likeness (QED) is 0.582. The lowest BCUT2D eigenvalue weighted by atomic mass is 10.3. The predicted molar refractivity (Wildman–Crippen MR) is 47.5 cm³/mol. The number of hydrogen-bond donors (Lipinski definition) is 0. The molecule has 1 rings (SSSR count). The number of hydrogen-bond acceptors (Lipinski definition) is 5. The molecule has 0 bridgehead atoms. The van der Waals surface area contributed by atoms with Crippen LogP contribution in [-0.4, -0.2) is 21.7 Å². The molecule has 0 atom stereocenters. The van der Waals surface area contributed by atoms with Crippen LogP contribution in [0.15, 0.2) is 11.2 Å². The van der Waals surface area contributed by atoms with E-state index in [1.165, 1.54) is 6.92 Å². The monoisotopic (exact) mass is 251 g/mol. The lowest BCUT2D eigenvalue weighted by molar-refractivity contribution is -0.301. The van der Waals surface area contributed by atoms with Gasteiger partial charge in [0.25, 0.3) is 0 Å². The number of thioether (sulfide) groups is 1. The van der Waals surface area contributed by atoms with Crippen molar-refractivity contribution >= 4 is 17.7 Å². The third-order valence-corrected chi connectivity index (χ3v) is 2.26. The maximum Gasteiger partial charge on any atom is 0.433 e. The molecule has 0 saturated carbocycles. The first-order valence-corrected chi connectivity index (χ1v) is 5.03. The largest absolute Gasteiger partial charge is 0.549 e. The molecular formula is C8H6F3N2O2S-. The maximum atomic E-state index is 12.3. The zero-order valence-electron chi connectivity index (χ0n) is 8.04. The highest BCUT2D eigenvalue weighted by molar-refractivity contribution is 7.99. The van der Waals surface area contributed by atoms with Crippen LogP contribution < -0.4 is 5.11 Å². The lowest BCUT2D eigenvalue weighted by Gasteiger charge is -2.08. The molecular weight excluding hydrogens is 245 g/mol. The zero-order chi connectivity index (χ0) is 12.3. The number of carbonyl (C=O) groups is 1. The summed E-state index contributed by atoms with van der Waals surface area (Å²) in [6, 6.07) is 0.795. The SMILES string of the molecule is Cc1cc(C(F)(F)F)nc(SCC(=O)[O-])n1. The van der Waals surface area contributed by atoms with E-state index in [2.05, 4.69) is 9.97 Å². The van der Waals surface area contributed by atoms with Crippen molar-refractivity contribution in [3.05, 3.63) is 17.5 Å². The Labute approximate surface area is 92.9 Å². The molecule has 0 amide bonds. The zero-order valence-corrected chi connectivity index (χ0v) is 8.85. The van der Waals surface area contributed by atoms with Crippen LogP contribution in [0.3, 0.4) is 0 Å². The molecule has 0 N–H and O–H groups in total. The number of rotatable bonds is 3. The van der Waals surface area contributed by atoms with Gasteiger partial charge in [0.05, 0.1) is 5.97 Å². The summed E-state index contributed by atoms with van der Waals surface area (Å²) >= 11 is 0.589. The van der Waals surface area contributed by atoms with E-state index < -0.39 is 23.6 Å². The fourth-order valence-corrected chi connectivity index (χ4v) is 1.49. The molecule has 1 aromatic rings. The van der Waals surface area contributed by atoms with Crippen LogP contribution in [0.1, 0.15) is 11.4 Å². The summed E-state index contributed by atoms with van der Waals surface area (Å²) in [5.74, 6) is -1.87. The average Bonchev–Trinajstić information content (AvgIpc) is 2.12. The van der Waals surface area contributed by atoms with Crippen molar-refractivity contribution < 1.29 is 23.1 Å². The molecule has 0 aliphatic carbocycles. The fraction of sp³-hybridized carbons (Fsp3) is 0.375. The van der Waals surface area contributed by atoms with Crippen LogP contribution in [0.4, 0.5) is 13.2 Å². The van der Waals surface area contributed by atoms with Gasteiger partial charge >= 0.3 is 6.18 Å². The Balaban J connectivity index is 2.94. The average molecular weight is 251 g/mol. The molecule has 0 spiro atoms. The molecule has 88 valence electrons. The highest BCUT2D eigenvalue weighted by atomic mass is 32.2. The summed E-state index contributed by atoms with van der Waals surface area (Å²) in [7, 11) is 0. The Kier molecular flexibility index (Phi) is 3.74. The molecule has 0 aromatic carbocycles. The van der Waals surface area contributed by atoms with Gasteiger partial charge in [-0.05, 0) is 13.0 Å². The van der Waals surface area contributed by atoms with Crippen molar-refractivity contribution in [2.24, 2.45) is 0 Å². The first-order chi connectivity index (χ1) is 7.29. The minimum atomic E-state index is -4.56. The number of carboxylic acids is 1. The van der Waals surface area contributed by atoms with E-state index in [9.17, 15) is 23.1 Å². The minimum absolute atomic E-state index is 0.128. The molecule has 16 heavy (non-hydrogen) atoms. The molecule has 0 unspecified atom stereocenters. The molecule has 0 saturated heterocycles. The lowest BCUT2D eigenvalue weighted by Crippen LogP contribution is -2.24. The second-order valence-corrected chi connectivity index (χ2v) is 3.78. The van der Waals surface area contributed by atoms with Gasteiger partial charge in [-0.3, -0.25) is 0 Å². The van der Waals surface area contributed by atoms with Gasteiger partial charge in [-0.15, -0.1) is 0 Å². The Hall–Kier alpha value is -1.31. The Morgan fingerprint density at radius 2 is 2.12 bits per heavy atom. The van der Waals surface area contributed by atoms with Gasteiger partial charge in [-0.1, -0.05) is 11.8 Å². The summed E-state index contributed by atoms with van der Waals surface area (Å²) in [5, 5.41) is 9.90. The van der Waals surface area contributed by atoms with Gasteiger partial charge in [0, 0.05) is 11.4 Å². The smallest absolute Gasteiger partial charge is 0.433 e. The normalized spacial score (nSPS) is 11.5. The standard InChI is InChI=1S/C8H7F3N2O2S/c1-4-2-5(8(9,10)11)13-7(12-4)16-3-6(14)15/h2H,3H2,1H3,(H,14,15)/p-1. The highest BCUT2D eigenvalue weighted by Gasteiger charge is 2.33. The molecule has 0 aliphatic rings. The van der Waals surface area contributed by atoms with E-state index in [1.54, 1.807) is 0 Å². The van der Waals surface area contributed by atoms with Crippen molar-refractivity contribution in [2.45, 2.75) is 18.3 Å². The number of carbonyl (C=O) groups excluding carboxylic acids is 1. The topological polar surface area (TPSA) is 65.9 Å². The van der Waals surface area contributed by atoms with Crippen LogP contribution in [0, 0.1) is 6.92 Å². The molecule has 0 aliphatic heterocycles. The molecule has 1 aromatic heterocycles. The van der Waals surface area contributed by atoms with Crippen molar-refractivity contribution in [3.8, 4) is 0 Å². The van der Waals surface area contributed by atoms with Gasteiger partial charge in [-0.2, -0.15) is 13.2 Å². The Bertz CT molecular complexity index is 409. The maximum absolute atomic E-state index is 12.3. The van der Waals surface area contributed by atoms with E-state index in [0.717, 1.165) is 6.07 Å². The van der Waals surface area contributed by atoms with Gasteiger partial charge in [0.15, 0.2) is 5.16 Å². The van der Waals surface area contributed by atoms with Crippen LogP contribution in [0.25, 0.3) is 0 Å². The second-order valence-electron chi connectivity index (χ2n) is 2.84. The second kappa shape index (κ2) is 4.69. The van der Waals surface area contributed by atoms with E-state index >= 15 is 0 Å². The summed E-state index contributed by atoms with van der Waals surface area (Å²) in [6.45, 7) is 1.37. The van der Waals surface area contributed by atoms with Crippen LogP contribution in [-0.2, 0) is 11.0 Å². The van der Waals surface area contributed by atoms with Gasteiger partial charge in [0.2, 0.25) is 0 Å². The number of nitrogens with zero attached hydrogens (tertiary/aromatic N) is 2. The van der Waals surface area contributed by atoms with E-state index in [-0.39, 0.29) is 10.9 Å². The number of aryl methyl sites for hydroxylation is 1. The number of aliphatic carboxylic acids is 1. The number of carboxylic acid groups (broad SMARTS) is 1. The van der Waals surface area contributed by atoms with Gasteiger partial charge < -0.3 is 9.90 Å². The Morgan fingerprint density at radius 3 is 2.62 bits per heavy atom. The Morgan fingerprint density at radius 1 is 1.50 bits per heavy atom. The fourth-order valence-electron chi connectivity index (χ4n) is 0.875. The first kappa shape index (κ1) is 12.8. The summed E-state index contributed by atoms with van der Waals surface area (Å²) in [6.07, 6.45) is -4.56. The van der Waals surface area contributed by atoms with Gasteiger partial charge in [0.1, 0.15) is 5.69 Å². The van der Waals surface area contributed by atoms with E-state index in [1.807, 2.05) is 0 Å². The van der Waals surface area contributed by atoms with Gasteiger partial charge in [-0.25, -0.2) is 9.97 Å². The predicted octanol–water partition coefficient (Wildman–Crippen LogP) is 0.646. The molecule has 0 radical (unpaired) electrons. The number of aromatic nitrogens is 2. The van der Waals surface area contributed by atoms with Crippen LogP contribution in [0.5, 0.6) is 0 Å². The van der Waals surface area contributed by atoms with Crippen LogP contribution in [0.2, 0.25) is 0 Å². The van der Waals surface area contributed by atoms with Crippen molar-refractivity contribution in [1.29, 1.82) is 0 Å². The van der Waals surface area contributed by atoms with E-state index in [0.29, 0.717) is 11.8 Å².